The number of carbonyl (C=O) groups excluding carboxylic acids is 1. The molecule has 2 N–H and O–H groups in total. The fraction of sp³-hybridized carbons (Fsp3) is 0.500. The van der Waals surface area contributed by atoms with E-state index in [1.165, 1.54) is 17.8 Å². The molecular formula is C14H19N3O3S. The number of benzene rings is 1. The average Bonchev–Trinajstić information content (AvgIpc) is 2.89. The Morgan fingerprint density at radius 1 is 1.57 bits per heavy atom. The molecule has 7 heteroatoms. The maximum atomic E-state index is 12.6. The lowest BCUT2D eigenvalue weighted by Crippen LogP contribution is -2.34. The summed E-state index contributed by atoms with van der Waals surface area (Å²) in [5.74, 6) is -0.283. The maximum absolute atomic E-state index is 12.6. The first-order valence-corrected chi connectivity index (χ1v) is 7.94. The first-order valence-electron chi connectivity index (χ1n) is 6.72. The van der Waals surface area contributed by atoms with Crippen LogP contribution in [-0.2, 0) is 0 Å². The second-order valence-corrected chi connectivity index (χ2v) is 6.51. The van der Waals surface area contributed by atoms with Gasteiger partial charge in [-0.2, -0.15) is 0 Å². The van der Waals surface area contributed by atoms with Crippen molar-refractivity contribution >= 4 is 23.4 Å². The third-order valence-corrected chi connectivity index (χ3v) is 4.69. The molecule has 1 aromatic carbocycles. The van der Waals surface area contributed by atoms with Crippen molar-refractivity contribution in [1.29, 1.82) is 0 Å². The summed E-state index contributed by atoms with van der Waals surface area (Å²) in [4.78, 5) is 25.7. The zero-order chi connectivity index (χ0) is 15.6. The van der Waals surface area contributed by atoms with E-state index in [1.54, 1.807) is 17.0 Å². The number of nitrogens with zero attached hydrogens (tertiary/aromatic N) is 2. The summed E-state index contributed by atoms with van der Waals surface area (Å²) in [6.45, 7) is 3.67. The van der Waals surface area contributed by atoms with Gasteiger partial charge < -0.3 is 10.6 Å². The van der Waals surface area contributed by atoms with Gasteiger partial charge in [0.05, 0.1) is 4.92 Å². The van der Waals surface area contributed by atoms with E-state index >= 15 is 0 Å². The number of amides is 1. The highest BCUT2D eigenvalue weighted by Gasteiger charge is 2.36. The predicted octanol–water partition coefficient (Wildman–Crippen LogP) is 2.13. The van der Waals surface area contributed by atoms with Crippen molar-refractivity contribution < 1.29 is 9.72 Å². The zero-order valence-corrected chi connectivity index (χ0v) is 13.0. The Labute approximate surface area is 127 Å². The second-order valence-electron chi connectivity index (χ2n) is 5.63. The number of nitro benzene ring substituents is 1. The molecule has 2 rings (SSSR count). The first kappa shape index (κ1) is 15.8. The third kappa shape index (κ3) is 3.19. The number of nitrogens with two attached hydrogens (primary N) is 1. The number of rotatable bonds is 4. The molecule has 1 aliphatic heterocycles. The maximum Gasteiger partial charge on any atom is 0.282 e. The van der Waals surface area contributed by atoms with Crippen LogP contribution in [0, 0.1) is 15.5 Å². The highest BCUT2D eigenvalue weighted by molar-refractivity contribution is 7.98. The molecular weight excluding hydrogens is 290 g/mol. The molecule has 21 heavy (non-hydrogen) atoms. The van der Waals surface area contributed by atoms with Gasteiger partial charge in [-0.15, -0.1) is 11.8 Å². The summed E-state index contributed by atoms with van der Waals surface area (Å²) in [5.41, 5.74) is 5.67. The van der Waals surface area contributed by atoms with Crippen LogP contribution in [0.5, 0.6) is 0 Å². The summed E-state index contributed by atoms with van der Waals surface area (Å²) in [7, 11) is 0. The topological polar surface area (TPSA) is 89.5 Å². The molecule has 1 heterocycles. The molecule has 1 aromatic rings. The normalized spacial score (nSPS) is 21.6. The molecule has 1 amide bonds. The molecule has 1 aliphatic rings. The molecule has 0 saturated carbocycles. The van der Waals surface area contributed by atoms with Crippen molar-refractivity contribution in [2.75, 3.05) is 25.9 Å². The molecule has 0 aromatic heterocycles. The minimum absolute atomic E-state index is 0.0957. The monoisotopic (exact) mass is 309 g/mol. The second kappa shape index (κ2) is 6.03. The molecule has 1 fully saturated rings. The Kier molecular flexibility index (Phi) is 4.53. The summed E-state index contributed by atoms with van der Waals surface area (Å²) >= 11 is 1.45. The largest absolute Gasteiger partial charge is 0.338 e. The standard InChI is InChI=1S/C14H19N3O3S/c1-14(8-15)5-6-16(9-14)13(18)11-7-10(21-2)3-4-12(11)17(19)20/h3-4,7H,5-6,8-9,15H2,1-2H3. The molecule has 1 unspecified atom stereocenters. The molecule has 114 valence electrons. The van der Waals surface area contributed by atoms with Gasteiger partial charge in [0.2, 0.25) is 0 Å². The van der Waals surface area contributed by atoms with Gasteiger partial charge in [-0.05, 0) is 36.8 Å². The van der Waals surface area contributed by atoms with Crippen molar-refractivity contribution in [3.05, 3.63) is 33.9 Å². The van der Waals surface area contributed by atoms with Crippen LogP contribution in [0.1, 0.15) is 23.7 Å². The fourth-order valence-electron chi connectivity index (χ4n) is 2.51. The van der Waals surface area contributed by atoms with Gasteiger partial charge in [0, 0.05) is 24.1 Å². The molecule has 1 atom stereocenters. The van der Waals surface area contributed by atoms with Crippen LogP contribution >= 0.6 is 11.8 Å². The van der Waals surface area contributed by atoms with Crippen LogP contribution in [0.2, 0.25) is 0 Å². The van der Waals surface area contributed by atoms with Crippen LogP contribution in [-0.4, -0.2) is 41.6 Å². The lowest BCUT2D eigenvalue weighted by Gasteiger charge is -2.22. The van der Waals surface area contributed by atoms with Crippen LogP contribution in [0.3, 0.4) is 0 Å². The number of nitro groups is 1. The summed E-state index contributed by atoms with van der Waals surface area (Å²) in [6, 6.07) is 4.66. The van der Waals surface area contributed by atoms with Crippen LogP contribution in [0.15, 0.2) is 23.1 Å². The summed E-state index contributed by atoms with van der Waals surface area (Å²) in [6.07, 6.45) is 2.70. The SMILES string of the molecule is CSc1ccc([N+](=O)[O-])c(C(=O)N2CCC(C)(CN)C2)c1. The van der Waals surface area contributed by atoms with Crippen LogP contribution in [0.25, 0.3) is 0 Å². The number of likely N-dealkylation sites (tertiary alicyclic amines) is 1. The smallest absolute Gasteiger partial charge is 0.282 e. The van der Waals surface area contributed by atoms with E-state index in [0.29, 0.717) is 19.6 Å². The van der Waals surface area contributed by atoms with E-state index in [0.717, 1.165) is 11.3 Å². The molecule has 1 saturated heterocycles. The Morgan fingerprint density at radius 2 is 2.29 bits per heavy atom. The first-order chi connectivity index (χ1) is 9.90. The van der Waals surface area contributed by atoms with Gasteiger partial charge in [-0.1, -0.05) is 6.92 Å². The zero-order valence-electron chi connectivity index (χ0n) is 12.2. The van der Waals surface area contributed by atoms with Gasteiger partial charge in [-0.25, -0.2) is 0 Å². The van der Waals surface area contributed by atoms with Gasteiger partial charge in [0.25, 0.3) is 11.6 Å². The van der Waals surface area contributed by atoms with E-state index in [9.17, 15) is 14.9 Å². The predicted molar refractivity (Wildman–Crippen MR) is 82.6 cm³/mol. The Bertz CT molecular complexity index is 579. The minimum atomic E-state index is -0.504. The van der Waals surface area contributed by atoms with Crippen molar-refractivity contribution in [2.24, 2.45) is 11.1 Å². The van der Waals surface area contributed by atoms with E-state index in [1.807, 2.05) is 13.2 Å². The van der Waals surface area contributed by atoms with E-state index < -0.39 is 4.92 Å². The Hall–Kier alpha value is -1.60. The van der Waals surface area contributed by atoms with Gasteiger partial charge in [0.15, 0.2) is 0 Å². The van der Waals surface area contributed by atoms with E-state index in [-0.39, 0.29) is 22.6 Å². The van der Waals surface area contributed by atoms with Crippen molar-refractivity contribution in [3.8, 4) is 0 Å². The average molecular weight is 309 g/mol. The fourth-order valence-corrected chi connectivity index (χ4v) is 2.95. The molecule has 0 bridgehead atoms. The highest BCUT2D eigenvalue weighted by atomic mass is 32.2. The third-order valence-electron chi connectivity index (χ3n) is 3.97. The van der Waals surface area contributed by atoms with Crippen LogP contribution < -0.4 is 5.73 Å². The number of thioether (sulfide) groups is 1. The number of hydrogen-bond acceptors (Lipinski definition) is 5. The highest BCUT2D eigenvalue weighted by Crippen LogP contribution is 2.32. The van der Waals surface area contributed by atoms with Crippen molar-refractivity contribution in [3.63, 3.8) is 0 Å². The lowest BCUT2D eigenvalue weighted by atomic mass is 9.90. The van der Waals surface area contributed by atoms with Crippen LogP contribution in [0.4, 0.5) is 5.69 Å². The summed E-state index contributed by atoms with van der Waals surface area (Å²) in [5, 5.41) is 11.1. The number of carbonyl (C=O) groups is 1. The summed E-state index contributed by atoms with van der Waals surface area (Å²) < 4.78 is 0. The van der Waals surface area contributed by atoms with Crippen molar-refractivity contribution in [1.82, 2.24) is 4.90 Å². The minimum Gasteiger partial charge on any atom is -0.338 e. The molecule has 0 spiro atoms. The number of hydrogen-bond donors (Lipinski definition) is 1. The van der Waals surface area contributed by atoms with Gasteiger partial charge in [-0.3, -0.25) is 14.9 Å². The Balaban J connectivity index is 2.32. The lowest BCUT2D eigenvalue weighted by molar-refractivity contribution is -0.385. The molecule has 0 radical (unpaired) electrons. The molecule has 0 aliphatic carbocycles. The van der Waals surface area contributed by atoms with E-state index in [4.69, 9.17) is 5.73 Å². The van der Waals surface area contributed by atoms with Crippen molar-refractivity contribution in [2.45, 2.75) is 18.2 Å². The van der Waals surface area contributed by atoms with Gasteiger partial charge in [0.1, 0.15) is 5.56 Å². The van der Waals surface area contributed by atoms with E-state index in [2.05, 4.69) is 0 Å². The Morgan fingerprint density at radius 3 is 2.81 bits per heavy atom. The molecule has 6 nitrogen and oxygen atoms in total. The van der Waals surface area contributed by atoms with Gasteiger partial charge >= 0.3 is 0 Å². The quantitative estimate of drug-likeness (QED) is 0.523.